The van der Waals surface area contributed by atoms with Crippen LogP contribution in [0.1, 0.15) is 21.6 Å². The number of carboxylic acid groups (broad SMARTS) is 1. The molecule has 2 N–H and O–H groups in total. The Balaban J connectivity index is 2.02. The molecule has 3 aromatic rings. The van der Waals surface area contributed by atoms with Crippen molar-refractivity contribution in [3.8, 4) is 0 Å². The zero-order valence-corrected chi connectivity index (χ0v) is 11.9. The lowest BCUT2D eigenvalue weighted by molar-refractivity contribution is 0.0691. The molecule has 0 bridgehead atoms. The zero-order valence-electron chi connectivity index (χ0n) is 11.9. The number of H-pyrrole nitrogens is 1. The summed E-state index contributed by atoms with van der Waals surface area (Å²) in [6.07, 6.45) is 1.57. The number of fused-ring (bicyclic) bond motifs is 1. The van der Waals surface area contributed by atoms with E-state index < -0.39 is 5.97 Å². The minimum absolute atomic E-state index is 0.0790. The van der Waals surface area contributed by atoms with Crippen LogP contribution in [-0.2, 0) is 12.8 Å². The second-order valence-electron chi connectivity index (χ2n) is 5.18. The maximum atomic E-state index is 12.0. The van der Waals surface area contributed by atoms with Crippen molar-refractivity contribution in [3.05, 3.63) is 81.6 Å². The molecule has 0 spiro atoms. The molecule has 22 heavy (non-hydrogen) atoms. The Kier molecular flexibility index (Phi) is 3.74. The Morgan fingerprint density at radius 2 is 1.77 bits per heavy atom. The predicted molar refractivity (Wildman–Crippen MR) is 85.4 cm³/mol. The second-order valence-corrected chi connectivity index (χ2v) is 5.18. The molecule has 0 saturated heterocycles. The molecule has 0 fully saturated rings. The minimum Gasteiger partial charge on any atom is -0.477 e. The highest BCUT2D eigenvalue weighted by Gasteiger charge is 2.10. The predicted octanol–water partition coefficient (Wildman–Crippen LogP) is 3.01. The number of rotatable bonds is 4. The maximum Gasteiger partial charge on any atom is 0.352 e. The van der Waals surface area contributed by atoms with Gasteiger partial charge in [-0.1, -0.05) is 42.5 Å². The van der Waals surface area contributed by atoms with Crippen LogP contribution in [0.2, 0.25) is 0 Å². The van der Waals surface area contributed by atoms with Crippen LogP contribution in [0.15, 0.2) is 59.4 Å². The van der Waals surface area contributed by atoms with Gasteiger partial charge in [-0.15, -0.1) is 0 Å². The normalized spacial score (nSPS) is 10.7. The standard InChI is InChI=1S/C18H15NO3/c20-16-11-15(18(21)22)19-17-13(7-4-8-14(16)17)10-9-12-5-2-1-3-6-12/h1-8,11H,9-10H2,(H,19,20)(H,21,22). The number of para-hydroxylation sites is 1. The minimum atomic E-state index is -1.13. The van der Waals surface area contributed by atoms with Crippen molar-refractivity contribution in [2.45, 2.75) is 12.8 Å². The third-order valence-electron chi connectivity index (χ3n) is 3.71. The first kappa shape index (κ1) is 14.1. The molecule has 0 amide bonds. The highest BCUT2D eigenvalue weighted by Crippen LogP contribution is 2.17. The van der Waals surface area contributed by atoms with E-state index >= 15 is 0 Å². The first-order valence-electron chi connectivity index (χ1n) is 7.07. The summed E-state index contributed by atoms with van der Waals surface area (Å²) in [5.74, 6) is -1.13. The van der Waals surface area contributed by atoms with Crippen molar-refractivity contribution in [1.82, 2.24) is 4.98 Å². The van der Waals surface area contributed by atoms with Gasteiger partial charge in [-0.25, -0.2) is 4.79 Å². The number of aromatic carboxylic acids is 1. The summed E-state index contributed by atoms with van der Waals surface area (Å²) < 4.78 is 0. The van der Waals surface area contributed by atoms with Crippen LogP contribution in [0.4, 0.5) is 0 Å². The monoisotopic (exact) mass is 293 g/mol. The van der Waals surface area contributed by atoms with Gasteiger partial charge in [-0.3, -0.25) is 4.79 Å². The summed E-state index contributed by atoms with van der Waals surface area (Å²) >= 11 is 0. The summed E-state index contributed by atoms with van der Waals surface area (Å²) in [7, 11) is 0. The molecule has 0 unspecified atom stereocenters. The fraction of sp³-hybridized carbons (Fsp3) is 0.111. The molecule has 4 nitrogen and oxygen atoms in total. The van der Waals surface area contributed by atoms with E-state index in [-0.39, 0.29) is 11.1 Å². The number of hydrogen-bond donors (Lipinski definition) is 2. The van der Waals surface area contributed by atoms with Gasteiger partial charge >= 0.3 is 5.97 Å². The fourth-order valence-corrected chi connectivity index (χ4v) is 2.58. The first-order valence-corrected chi connectivity index (χ1v) is 7.07. The van der Waals surface area contributed by atoms with E-state index in [2.05, 4.69) is 17.1 Å². The van der Waals surface area contributed by atoms with Gasteiger partial charge in [0.05, 0.1) is 5.52 Å². The number of carbonyl (C=O) groups is 1. The van der Waals surface area contributed by atoms with Gasteiger partial charge in [-0.2, -0.15) is 0 Å². The fourth-order valence-electron chi connectivity index (χ4n) is 2.58. The number of aromatic amines is 1. The zero-order chi connectivity index (χ0) is 15.5. The van der Waals surface area contributed by atoms with Gasteiger partial charge in [0, 0.05) is 11.5 Å². The third-order valence-corrected chi connectivity index (χ3v) is 3.71. The summed E-state index contributed by atoms with van der Waals surface area (Å²) in [5, 5.41) is 9.62. The van der Waals surface area contributed by atoms with Gasteiger partial charge in [0.1, 0.15) is 5.69 Å². The van der Waals surface area contributed by atoms with E-state index in [9.17, 15) is 9.59 Å². The van der Waals surface area contributed by atoms with Crippen LogP contribution in [0.5, 0.6) is 0 Å². The molecule has 0 radical (unpaired) electrons. The molecule has 0 aliphatic heterocycles. The van der Waals surface area contributed by atoms with Crippen molar-refractivity contribution >= 4 is 16.9 Å². The van der Waals surface area contributed by atoms with Crippen molar-refractivity contribution in [2.24, 2.45) is 0 Å². The third kappa shape index (κ3) is 2.76. The Labute approximate surface area is 127 Å². The largest absolute Gasteiger partial charge is 0.477 e. The van der Waals surface area contributed by atoms with Crippen LogP contribution < -0.4 is 5.43 Å². The van der Waals surface area contributed by atoms with E-state index in [1.54, 1.807) is 6.07 Å². The van der Waals surface area contributed by atoms with Gasteiger partial charge in [0.15, 0.2) is 5.43 Å². The molecule has 4 heteroatoms. The Morgan fingerprint density at radius 1 is 1.00 bits per heavy atom. The van der Waals surface area contributed by atoms with E-state index in [1.807, 2.05) is 30.3 Å². The molecular weight excluding hydrogens is 278 g/mol. The lowest BCUT2D eigenvalue weighted by Crippen LogP contribution is -2.10. The SMILES string of the molecule is O=C(O)c1cc(=O)c2cccc(CCc3ccccc3)c2[nH]1. The average Bonchev–Trinajstić information content (AvgIpc) is 2.54. The van der Waals surface area contributed by atoms with E-state index in [0.29, 0.717) is 10.9 Å². The molecule has 3 rings (SSSR count). The topological polar surface area (TPSA) is 70.2 Å². The van der Waals surface area contributed by atoms with Crippen molar-refractivity contribution < 1.29 is 9.90 Å². The Bertz CT molecular complexity index is 882. The van der Waals surface area contributed by atoms with Crippen LogP contribution in [0.25, 0.3) is 10.9 Å². The number of aromatic nitrogens is 1. The lowest BCUT2D eigenvalue weighted by atomic mass is 10.0. The Hall–Kier alpha value is -2.88. The molecule has 0 aliphatic carbocycles. The maximum absolute atomic E-state index is 12.0. The van der Waals surface area contributed by atoms with Crippen LogP contribution >= 0.6 is 0 Å². The smallest absolute Gasteiger partial charge is 0.352 e. The number of nitrogens with one attached hydrogen (secondary N) is 1. The molecule has 1 heterocycles. The number of hydrogen-bond acceptors (Lipinski definition) is 2. The summed E-state index contributed by atoms with van der Waals surface area (Å²) in [4.78, 5) is 26.0. The molecule has 1 aromatic heterocycles. The molecule has 0 saturated carbocycles. The lowest BCUT2D eigenvalue weighted by Gasteiger charge is -2.08. The molecule has 0 aliphatic rings. The van der Waals surface area contributed by atoms with Crippen molar-refractivity contribution in [2.75, 3.05) is 0 Å². The van der Waals surface area contributed by atoms with E-state index in [0.717, 1.165) is 24.5 Å². The van der Waals surface area contributed by atoms with Crippen molar-refractivity contribution in [1.29, 1.82) is 0 Å². The van der Waals surface area contributed by atoms with E-state index in [4.69, 9.17) is 5.11 Å². The van der Waals surface area contributed by atoms with Crippen molar-refractivity contribution in [3.63, 3.8) is 0 Å². The second kappa shape index (κ2) is 5.85. The summed E-state index contributed by atoms with van der Waals surface area (Å²) in [6.45, 7) is 0. The van der Waals surface area contributed by atoms with E-state index in [1.165, 1.54) is 5.56 Å². The molecule has 110 valence electrons. The van der Waals surface area contributed by atoms with Crippen LogP contribution in [0, 0.1) is 0 Å². The van der Waals surface area contributed by atoms with Gasteiger partial charge in [0.2, 0.25) is 0 Å². The molecule has 2 aromatic carbocycles. The van der Waals surface area contributed by atoms with Gasteiger partial charge < -0.3 is 10.1 Å². The number of pyridine rings is 1. The van der Waals surface area contributed by atoms with Crippen LogP contribution in [0.3, 0.4) is 0 Å². The molecular formula is C18H15NO3. The molecule has 0 atom stereocenters. The Morgan fingerprint density at radius 3 is 2.50 bits per heavy atom. The number of benzene rings is 2. The first-order chi connectivity index (χ1) is 10.6. The average molecular weight is 293 g/mol. The summed E-state index contributed by atoms with van der Waals surface area (Å²) in [5.41, 5.74) is 2.42. The highest BCUT2D eigenvalue weighted by atomic mass is 16.4. The highest BCUT2D eigenvalue weighted by molar-refractivity contribution is 5.90. The van der Waals surface area contributed by atoms with Gasteiger partial charge in [0.25, 0.3) is 0 Å². The number of carboxylic acids is 1. The number of aryl methyl sites for hydroxylation is 2. The summed E-state index contributed by atoms with van der Waals surface area (Å²) in [6, 6.07) is 16.7. The van der Waals surface area contributed by atoms with Gasteiger partial charge in [-0.05, 0) is 30.0 Å². The quantitative estimate of drug-likeness (QED) is 0.777. The van der Waals surface area contributed by atoms with Crippen LogP contribution in [-0.4, -0.2) is 16.1 Å².